The number of carbonyl (C=O) groups is 1. The number of benzene rings is 1. The molecule has 0 aliphatic heterocycles. The summed E-state index contributed by atoms with van der Waals surface area (Å²) < 4.78 is 48.9. The zero-order chi connectivity index (χ0) is 23.3. The number of aromatic nitrogens is 4. The molecule has 1 aromatic carbocycles. The number of rotatable bonds is 5. The Bertz CT molecular complexity index is 1390. The van der Waals surface area contributed by atoms with E-state index >= 15 is 0 Å². The molecule has 3 heterocycles. The van der Waals surface area contributed by atoms with Crippen molar-refractivity contribution in [2.75, 3.05) is 0 Å². The summed E-state index contributed by atoms with van der Waals surface area (Å²) in [5.41, 5.74) is 3.70. The van der Waals surface area contributed by atoms with Crippen LogP contribution in [0.25, 0.3) is 27.8 Å². The van der Waals surface area contributed by atoms with Gasteiger partial charge in [0.25, 0.3) is 5.91 Å². The number of fused-ring (bicyclic) bond motifs is 1. The van der Waals surface area contributed by atoms with E-state index < -0.39 is 23.3 Å². The number of hydrogen-bond donors (Lipinski definition) is 1. The average Bonchev–Trinajstić information content (AvgIpc) is 3.49. The summed E-state index contributed by atoms with van der Waals surface area (Å²) in [4.78, 5) is 20.5. The summed E-state index contributed by atoms with van der Waals surface area (Å²) in [5.74, 6) is -1.12. The van der Waals surface area contributed by atoms with Crippen LogP contribution in [0, 0.1) is 0 Å². The Morgan fingerprint density at radius 2 is 1.97 bits per heavy atom. The lowest BCUT2D eigenvalue weighted by atomic mass is 10.1. The van der Waals surface area contributed by atoms with Gasteiger partial charge in [-0.3, -0.25) is 9.78 Å². The van der Waals surface area contributed by atoms with Crippen molar-refractivity contribution in [2.24, 2.45) is 5.73 Å². The van der Waals surface area contributed by atoms with Gasteiger partial charge in [0.1, 0.15) is 16.8 Å². The number of nitrogens with zero attached hydrogens (tertiary/aromatic N) is 4. The van der Waals surface area contributed by atoms with Gasteiger partial charge in [0.2, 0.25) is 5.88 Å². The minimum atomic E-state index is -4.94. The van der Waals surface area contributed by atoms with Crippen LogP contribution < -0.4 is 10.5 Å². The lowest BCUT2D eigenvalue weighted by Gasteiger charge is -2.13. The number of hydrogen-bond acceptors (Lipinski definition) is 5. The van der Waals surface area contributed by atoms with Gasteiger partial charge in [0, 0.05) is 23.3 Å². The molecular weight excluding hydrogens is 459 g/mol. The highest BCUT2D eigenvalue weighted by molar-refractivity contribution is 6.32. The number of alkyl halides is 3. The first-order valence-electron chi connectivity index (χ1n) is 9.90. The van der Waals surface area contributed by atoms with E-state index in [9.17, 15) is 18.0 Å². The molecule has 0 bridgehead atoms. The Morgan fingerprint density at radius 3 is 2.64 bits per heavy atom. The van der Waals surface area contributed by atoms with Gasteiger partial charge in [0.05, 0.1) is 16.8 Å². The van der Waals surface area contributed by atoms with Crippen molar-refractivity contribution in [2.45, 2.75) is 25.1 Å². The summed E-state index contributed by atoms with van der Waals surface area (Å²) >= 11 is 6.25. The highest BCUT2D eigenvalue weighted by Crippen LogP contribution is 2.40. The smallest absolute Gasteiger partial charge is 0.434 e. The van der Waals surface area contributed by atoms with Gasteiger partial charge in [-0.2, -0.15) is 18.3 Å². The highest BCUT2D eigenvalue weighted by Gasteiger charge is 2.43. The van der Waals surface area contributed by atoms with Gasteiger partial charge in [0.15, 0.2) is 5.69 Å². The third kappa shape index (κ3) is 3.86. The Hall–Kier alpha value is -3.66. The number of primary amides is 1. The fourth-order valence-electron chi connectivity index (χ4n) is 3.55. The first-order valence-corrected chi connectivity index (χ1v) is 10.3. The average molecular weight is 474 g/mol. The van der Waals surface area contributed by atoms with Gasteiger partial charge in [-0.25, -0.2) is 9.67 Å². The van der Waals surface area contributed by atoms with E-state index in [1.807, 2.05) is 0 Å². The Kier molecular flexibility index (Phi) is 4.97. The summed E-state index contributed by atoms with van der Waals surface area (Å²) in [5, 5.41) is 4.67. The van der Waals surface area contributed by atoms with Crippen molar-refractivity contribution in [3.63, 3.8) is 0 Å². The molecule has 1 saturated carbocycles. The second-order valence-corrected chi connectivity index (χ2v) is 7.93. The quantitative estimate of drug-likeness (QED) is 0.449. The van der Waals surface area contributed by atoms with E-state index in [0.29, 0.717) is 15.6 Å². The van der Waals surface area contributed by atoms with Crippen LogP contribution in [-0.2, 0) is 6.18 Å². The Labute approximate surface area is 190 Å². The van der Waals surface area contributed by atoms with E-state index in [4.69, 9.17) is 22.1 Å². The molecule has 33 heavy (non-hydrogen) atoms. The van der Waals surface area contributed by atoms with Gasteiger partial charge in [-0.1, -0.05) is 17.7 Å². The van der Waals surface area contributed by atoms with Crippen LogP contribution in [0.4, 0.5) is 13.2 Å². The number of pyridine rings is 2. The molecule has 4 aromatic rings. The molecule has 0 spiro atoms. The second-order valence-electron chi connectivity index (χ2n) is 7.52. The van der Waals surface area contributed by atoms with E-state index in [0.717, 1.165) is 12.8 Å². The third-order valence-corrected chi connectivity index (χ3v) is 5.41. The van der Waals surface area contributed by atoms with E-state index in [1.165, 1.54) is 24.5 Å². The van der Waals surface area contributed by atoms with Crippen molar-refractivity contribution in [3.8, 4) is 22.8 Å². The van der Waals surface area contributed by atoms with E-state index in [-0.39, 0.29) is 34.0 Å². The van der Waals surface area contributed by atoms with E-state index in [2.05, 4.69) is 15.1 Å². The Morgan fingerprint density at radius 1 is 1.18 bits per heavy atom. The van der Waals surface area contributed by atoms with Crippen LogP contribution in [0.2, 0.25) is 5.02 Å². The number of amides is 1. The molecule has 2 N–H and O–H groups in total. The fourth-order valence-corrected chi connectivity index (χ4v) is 3.76. The third-order valence-electron chi connectivity index (χ3n) is 5.13. The van der Waals surface area contributed by atoms with Gasteiger partial charge < -0.3 is 10.5 Å². The molecule has 0 radical (unpaired) electrons. The molecule has 1 aliphatic carbocycles. The zero-order valence-corrected chi connectivity index (χ0v) is 17.6. The van der Waals surface area contributed by atoms with Crippen molar-refractivity contribution >= 4 is 28.4 Å². The van der Waals surface area contributed by atoms with Crippen LogP contribution in [0.15, 0.2) is 48.8 Å². The summed E-state index contributed by atoms with van der Waals surface area (Å²) in [6.45, 7) is 0. The normalized spacial score (nSPS) is 13.9. The molecule has 0 saturated heterocycles. The van der Waals surface area contributed by atoms with Crippen LogP contribution in [0.5, 0.6) is 5.88 Å². The topological polar surface area (TPSA) is 95.9 Å². The number of ether oxygens (including phenoxy) is 1. The highest BCUT2D eigenvalue weighted by atomic mass is 35.5. The maximum atomic E-state index is 14.2. The minimum Gasteiger partial charge on any atom is -0.473 e. The molecule has 1 fully saturated rings. The van der Waals surface area contributed by atoms with Gasteiger partial charge in [-0.15, -0.1) is 0 Å². The molecule has 1 amide bonds. The largest absolute Gasteiger partial charge is 0.473 e. The molecule has 0 unspecified atom stereocenters. The fraction of sp³-hybridized carbons (Fsp3) is 0.182. The maximum Gasteiger partial charge on any atom is 0.434 e. The molecule has 5 rings (SSSR count). The Balaban J connectivity index is 1.75. The van der Waals surface area contributed by atoms with Crippen LogP contribution in [0.1, 0.15) is 28.9 Å². The molecule has 7 nitrogen and oxygen atoms in total. The number of halogens is 4. The predicted molar refractivity (Wildman–Crippen MR) is 114 cm³/mol. The zero-order valence-electron chi connectivity index (χ0n) is 16.8. The van der Waals surface area contributed by atoms with Gasteiger partial charge in [-0.05, 0) is 43.2 Å². The number of nitrogens with two attached hydrogens (primary N) is 1. The van der Waals surface area contributed by atoms with E-state index in [1.54, 1.807) is 24.3 Å². The second kappa shape index (κ2) is 7.73. The lowest BCUT2D eigenvalue weighted by Crippen LogP contribution is -2.21. The molecular formula is C22H15ClF3N5O2. The monoisotopic (exact) mass is 473 g/mol. The predicted octanol–water partition coefficient (Wildman–Crippen LogP) is 4.79. The minimum absolute atomic E-state index is 0.0260. The molecule has 1 aliphatic rings. The standard InChI is InChI=1S/C22H15ClF3N5O2/c23-14-9-11(10-29-21(14)33-12-6-7-12)18-17(20(27)32)19(22(24,25)26)31(30-18)16-5-1-4-15-13(16)3-2-8-28-15/h1-5,8-10,12H,6-7H2,(H2,27,32). The van der Waals surface area contributed by atoms with Crippen molar-refractivity contribution < 1.29 is 22.7 Å². The first-order chi connectivity index (χ1) is 15.7. The number of carbonyl (C=O) groups excluding carboxylic acids is 1. The molecule has 168 valence electrons. The SMILES string of the molecule is NC(=O)c1c(-c2cnc(OC3CC3)c(Cl)c2)nn(-c2cccc3ncccc23)c1C(F)(F)F. The van der Waals surface area contributed by atoms with Crippen molar-refractivity contribution in [1.82, 2.24) is 19.7 Å². The maximum absolute atomic E-state index is 14.2. The van der Waals surface area contributed by atoms with Crippen molar-refractivity contribution in [3.05, 3.63) is 65.1 Å². The molecule has 0 atom stereocenters. The van der Waals surface area contributed by atoms with Gasteiger partial charge >= 0.3 is 6.18 Å². The molecule has 11 heteroatoms. The summed E-state index contributed by atoms with van der Waals surface area (Å²) in [7, 11) is 0. The van der Waals surface area contributed by atoms with Crippen molar-refractivity contribution in [1.29, 1.82) is 0 Å². The van der Waals surface area contributed by atoms with Crippen LogP contribution in [-0.4, -0.2) is 31.8 Å². The summed E-state index contributed by atoms with van der Waals surface area (Å²) in [6, 6.07) is 9.24. The first kappa shape index (κ1) is 21.2. The molecule has 3 aromatic heterocycles. The lowest BCUT2D eigenvalue weighted by molar-refractivity contribution is -0.143. The summed E-state index contributed by atoms with van der Waals surface area (Å²) in [6.07, 6.45) is -0.368. The van der Waals surface area contributed by atoms with Crippen LogP contribution >= 0.6 is 11.6 Å². The van der Waals surface area contributed by atoms with Crippen LogP contribution in [0.3, 0.4) is 0 Å².